The topological polar surface area (TPSA) is 75.3 Å². The lowest BCUT2D eigenvalue weighted by Gasteiger charge is -2.37. The number of fused-ring (bicyclic) bond motifs is 2. The molecule has 150 valence electrons. The van der Waals surface area contributed by atoms with E-state index in [9.17, 15) is 4.79 Å². The molecule has 5 nitrogen and oxygen atoms in total. The van der Waals surface area contributed by atoms with Crippen molar-refractivity contribution in [2.24, 2.45) is 11.8 Å². The molecular weight excluding hydrogens is 364 g/mol. The van der Waals surface area contributed by atoms with E-state index >= 15 is 0 Å². The maximum Gasteiger partial charge on any atom is 0.346 e. The number of hydrogen-bond acceptors (Lipinski definition) is 5. The first-order chi connectivity index (χ1) is 14.0. The molecule has 3 atom stereocenters. The Morgan fingerprint density at radius 1 is 1.31 bits per heavy atom. The molecule has 4 rings (SSSR count). The van der Waals surface area contributed by atoms with E-state index in [0.717, 1.165) is 32.4 Å². The quantitative estimate of drug-likeness (QED) is 0.828. The normalized spacial score (nSPS) is 21.2. The molecule has 0 radical (unpaired) electrons. The summed E-state index contributed by atoms with van der Waals surface area (Å²) in [5.74, 6) is 2.34. The summed E-state index contributed by atoms with van der Waals surface area (Å²) in [6.07, 6.45) is 5.09. The lowest BCUT2D eigenvalue weighted by Crippen LogP contribution is -2.36. The predicted octanol–water partition coefficient (Wildman–Crippen LogP) is 4.19. The van der Waals surface area contributed by atoms with Gasteiger partial charge < -0.3 is 14.5 Å². The van der Waals surface area contributed by atoms with Gasteiger partial charge in [0.1, 0.15) is 23.2 Å². The molecule has 0 spiro atoms. The van der Waals surface area contributed by atoms with Gasteiger partial charge in [0.2, 0.25) is 0 Å². The molecule has 1 aromatic heterocycles. The van der Waals surface area contributed by atoms with Crippen LogP contribution in [-0.4, -0.2) is 12.6 Å². The number of nitrogens with zero attached hydrogens (tertiary/aromatic N) is 1. The number of hydrogen-bond donors (Lipinski definition) is 1. The van der Waals surface area contributed by atoms with Crippen molar-refractivity contribution in [1.82, 2.24) is 5.32 Å². The predicted molar refractivity (Wildman–Crippen MR) is 111 cm³/mol. The van der Waals surface area contributed by atoms with Crippen molar-refractivity contribution in [2.75, 3.05) is 6.54 Å². The zero-order valence-electron chi connectivity index (χ0n) is 16.9. The van der Waals surface area contributed by atoms with Crippen LogP contribution in [0.2, 0.25) is 0 Å². The second-order valence-electron chi connectivity index (χ2n) is 8.20. The smallest absolute Gasteiger partial charge is 0.346 e. The van der Waals surface area contributed by atoms with Crippen LogP contribution in [0.15, 0.2) is 45.1 Å². The minimum Gasteiger partial charge on any atom is -0.485 e. The van der Waals surface area contributed by atoms with E-state index in [4.69, 9.17) is 14.4 Å². The van der Waals surface area contributed by atoms with Gasteiger partial charge in [-0.15, -0.1) is 0 Å². The molecule has 1 fully saturated rings. The third-order valence-corrected chi connectivity index (χ3v) is 6.09. The Morgan fingerprint density at radius 2 is 2.10 bits per heavy atom. The zero-order chi connectivity index (χ0) is 20.4. The maximum atomic E-state index is 12.1. The van der Waals surface area contributed by atoms with Crippen LogP contribution in [0.1, 0.15) is 48.6 Å². The number of rotatable bonds is 5. The van der Waals surface area contributed by atoms with Crippen LogP contribution in [0.3, 0.4) is 0 Å². The average molecular weight is 390 g/mol. The Labute approximate surface area is 171 Å². The number of nitrogens with one attached hydrogen (secondary N) is 1. The summed E-state index contributed by atoms with van der Waals surface area (Å²) in [6.45, 7) is 5.81. The van der Waals surface area contributed by atoms with Crippen molar-refractivity contribution >= 4 is 6.08 Å². The van der Waals surface area contributed by atoms with Crippen LogP contribution in [0.25, 0.3) is 6.08 Å². The lowest BCUT2D eigenvalue weighted by molar-refractivity contribution is 0.140. The average Bonchev–Trinajstić information content (AvgIpc) is 2.72. The van der Waals surface area contributed by atoms with E-state index in [1.54, 1.807) is 6.92 Å². The van der Waals surface area contributed by atoms with Crippen LogP contribution in [0.5, 0.6) is 5.75 Å². The second kappa shape index (κ2) is 8.26. The van der Waals surface area contributed by atoms with Gasteiger partial charge in [0.25, 0.3) is 0 Å². The molecular formula is C24H26N2O3. The molecule has 1 unspecified atom stereocenters. The highest BCUT2D eigenvalue weighted by molar-refractivity contribution is 5.62. The van der Waals surface area contributed by atoms with Crippen molar-refractivity contribution in [2.45, 2.75) is 45.8 Å². The Hall–Kier alpha value is -2.84. The summed E-state index contributed by atoms with van der Waals surface area (Å²) < 4.78 is 11.4. The van der Waals surface area contributed by atoms with Crippen LogP contribution in [-0.2, 0) is 6.54 Å². The molecule has 0 amide bonds. The first-order valence-electron chi connectivity index (χ1n) is 10.2. The van der Waals surface area contributed by atoms with Crippen LogP contribution in [0.4, 0.5) is 0 Å². The second-order valence-corrected chi connectivity index (χ2v) is 8.20. The van der Waals surface area contributed by atoms with E-state index in [1.807, 2.05) is 36.4 Å². The molecule has 5 heteroatoms. The van der Waals surface area contributed by atoms with Crippen molar-refractivity contribution in [3.05, 3.63) is 68.8 Å². The third-order valence-electron chi connectivity index (χ3n) is 6.09. The van der Waals surface area contributed by atoms with Crippen molar-refractivity contribution < 1.29 is 9.15 Å². The fourth-order valence-electron chi connectivity index (χ4n) is 4.33. The summed E-state index contributed by atoms with van der Waals surface area (Å²) in [4.78, 5) is 12.1. The van der Waals surface area contributed by atoms with Gasteiger partial charge >= 0.3 is 5.63 Å². The standard InChI is InChI=1S/C24H26N2O3/c1-15(13-26-14-18-5-3-17(12-25)4-6-18)19-7-8-20-10-21-23(29-22(20)11-19)9-16(2)28-24(21)27/h3-6,9-10,15,19,22,26H,7-8,11,13-14H2,1-2H3/t15?,19-,22-/m0/s1. The molecule has 1 aromatic carbocycles. The summed E-state index contributed by atoms with van der Waals surface area (Å²) in [5.41, 5.74) is 3.33. The summed E-state index contributed by atoms with van der Waals surface area (Å²) >= 11 is 0. The Kier molecular flexibility index (Phi) is 5.55. The van der Waals surface area contributed by atoms with Gasteiger partial charge in [0, 0.05) is 12.6 Å². The minimum absolute atomic E-state index is 0.0587. The molecule has 1 saturated carbocycles. The number of aryl methyl sites for hydroxylation is 1. The fraction of sp³-hybridized carbons (Fsp3) is 0.417. The largest absolute Gasteiger partial charge is 0.485 e. The number of benzene rings is 1. The minimum atomic E-state index is -0.312. The number of ether oxygens (including phenoxy) is 1. The van der Waals surface area contributed by atoms with E-state index in [0.29, 0.717) is 34.5 Å². The summed E-state index contributed by atoms with van der Waals surface area (Å²) in [6, 6.07) is 11.7. The Bertz CT molecular complexity index is 1010. The van der Waals surface area contributed by atoms with Gasteiger partial charge in [-0.25, -0.2) is 4.79 Å². The van der Waals surface area contributed by atoms with Crippen molar-refractivity contribution in [1.29, 1.82) is 5.26 Å². The fourth-order valence-corrected chi connectivity index (χ4v) is 4.33. The van der Waals surface area contributed by atoms with Gasteiger partial charge in [-0.3, -0.25) is 0 Å². The molecule has 1 N–H and O–H groups in total. The monoisotopic (exact) mass is 390 g/mol. The molecule has 1 aliphatic carbocycles. The SMILES string of the molecule is Cc1cc2c(c(=O)o1)C=C1CC[C@H](C(C)CNCc3ccc(C#N)cc3)C[C@@H]1O2. The van der Waals surface area contributed by atoms with Gasteiger partial charge in [-0.1, -0.05) is 19.1 Å². The first-order valence-corrected chi connectivity index (χ1v) is 10.2. The highest BCUT2D eigenvalue weighted by atomic mass is 16.5. The first kappa shape index (κ1) is 19.5. The van der Waals surface area contributed by atoms with Gasteiger partial charge in [-0.2, -0.15) is 5.26 Å². The van der Waals surface area contributed by atoms with E-state index in [1.165, 1.54) is 11.1 Å². The van der Waals surface area contributed by atoms with Crippen molar-refractivity contribution in [3.8, 4) is 11.8 Å². The molecule has 29 heavy (non-hydrogen) atoms. The van der Waals surface area contributed by atoms with Gasteiger partial charge in [-0.05, 0) is 73.9 Å². The molecule has 0 saturated heterocycles. The van der Waals surface area contributed by atoms with E-state index in [2.05, 4.69) is 18.3 Å². The van der Waals surface area contributed by atoms with E-state index < -0.39 is 0 Å². The molecule has 0 bridgehead atoms. The summed E-state index contributed by atoms with van der Waals surface area (Å²) in [5, 5.41) is 12.4. The highest BCUT2D eigenvalue weighted by Crippen LogP contribution is 2.40. The molecule has 1 aliphatic heterocycles. The Balaban J connectivity index is 1.33. The molecule has 2 aliphatic rings. The third kappa shape index (κ3) is 4.28. The van der Waals surface area contributed by atoms with Crippen molar-refractivity contribution in [3.63, 3.8) is 0 Å². The maximum absolute atomic E-state index is 12.1. The van der Waals surface area contributed by atoms with Crippen LogP contribution >= 0.6 is 0 Å². The molecule has 2 aromatic rings. The Morgan fingerprint density at radius 3 is 2.86 bits per heavy atom. The molecule has 2 heterocycles. The van der Waals surface area contributed by atoms with E-state index in [-0.39, 0.29) is 11.7 Å². The van der Waals surface area contributed by atoms with Gasteiger partial charge in [0.05, 0.1) is 11.6 Å². The van der Waals surface area contributed by atoms with Crippen LogP contribution < -0.4 is 15.7 Å². The zero-order valence-corrected chi connectivity index (χ0v) is 16.9. The number of nitriles is 1. The lowest BCUT2D eigenvalue weighted by atomic mass is 9.76. The highest BCUT2D eigenvalue weighted by Gasteiger charge is 2.33. The van der Waals surface area contributed by atoms with Gasteiger partial charge in [0.15, 0.2) is 0 Å². The summed E-state index contributed by atoms with van der Waals surface area (Å²) in [7, 11) is 0. The van der Waals surface area contributed by atoms with Crippen LogP contribution in [0, 0.1) is 30.1 Å².